The van der Waals surface area contributed by atoms with Gasteiger partial charge in [0.05, 0.1) is 15.8 Å². The van der Waals surface area contributed by atoms with E-state index in [2.05, 4.69) is 10.6 Å². The molecule has 0 saturated heterocycles. The Labute approximate surface area is 162 Å². The molecule has 0 radical (unpaired) electrons. The molecule has 1 heterocycles. The minimum Gasteiger partial charge on any atom is -0.326 e. The molecular weight excluding hydrogens is 386 g/mol. The summed E-state index contributed by atoms with van der Waals surface area (Å²) in [6, 6.07) is 13.4. The minimum atomic E-state index is -3.59. The fourth-order valence-electron chi connectivity index (χ4n) is 2.55. The van der Waals surface area contributed by atoms with E-state index in [9.17, 15) is 18.0 Å². The maximum atomic E-state index is 12.4. The normalized spacial score (nSPS) is 16.6. The molecule has 7 nitrogen and oxygen atoms in total. The Bertz CT molecular complexity index is 990. The number of carbonyl (C=O) groups is 2. The minimum absolute atomic E-state index is 0.0184. The van der Waals surface area contributed by atoms with Crippen molar-refractivity contribution in [3.8, 4) is 0 Å². The molecule has 0 aliphatic carbocycles. The molecule has 1 aliphatic heterocycles. The lowest BCUT2D eigenvalue weighted by molar-refractivity contribution is -0.120. The quantitative estimate of drug-likeness (QED) is 0.796. The van der Waals surface area contributed by atoms with E-state index in [1.54, 1.807) is 12.1 Å². The zero-order chi connectivity index (χ0) is 19.6. The number of nitrogens with zero attached hydrogens (tertiary/aromatic N) is 1. The van der Waals surface area contributed by atoms with Crippen LogP contribution in [0.15, 0.2) is 58.3 Å². The lowest BCUT2D eigenvalue weighted by Gasteiger charge is -2.23. The summed E-state index contributed by atoms with van der Waals surface area (Å²) in [5.41, 5.74) is 1.11. The molecule has 1 aliphatic rings. The summed E-state index contributed by atoms with van der Waals surface area (Å²) >= 11 is 1.34. The summed E-state index contributed by atoms with van der Waals surface area (Å²) in [6.45, 7) is 0. The van der Waals surface area contributed by atoms with Gasteiger partial charge < -0.3 is 10.6 Å². The summed E-state index contributed by atoms with van der Waals surface area (Å²) < 4.78 is 25.5. The van der Waals surface area contributed by atoms with Crippen molar-refractivity contribution < 1.29 is 18.0 Å². The third kappa shape index (κ3) is 4.32. The molecule has 0 aromatic heterocycles. The average molecular weight is 406 g/mol. The molecule has 27 heavy (non-hydrogen) atoms. The van der Waals surface area contributed by atoms with E-state index in [-0.39, 0.29) is 23.1 Å². The van der Waals surface area contributed by atoms with Gasteiger partial charge in [-0.1, -0.05) is 18.2 Å². The van der Waals surface area contributed by atoms with E-state index in [1.165, 1.54) is 38.0 Å². The van der Waals surface area contributed by atoms with Crippen molar-refractivity contribution in [2.75, 3.05) is 24.7 Å². The molecule has 0 fully saturated rings. The maximum Gasteiger partial charge on any atom is 0.242 e. The number of anilines is 2. The van der Waals surface area contributed by atoms with Gasteiger partial charge in [-0.25, -0.2) is 12.7 Å². The molecule has 0 bridgehead atoms. The maximum absolute atomic E-state index is 12.4. The molecule has 2 aromatic rings. The van der Waals surface area contributed by atoms with Crippen LogP contribution < -0.4 is 10.6 Å². The Hall–Kier alpha value is -2.36. The molecule has 2 amide bonds. The largest absolute Gasteiger partial charge is 0.326 e. The summed E-state index contributed by atoms with van der Waals surface area (Å²) in [5.74, 6) is -0.584. The fraction of sp³-hybridized carbons (Fsp3) is 0.222. The lowest BCUT2D eigenvalue weighted by Crippen LogP contribution is -2.32. The molecule has 3 rings (SSSR count). The number of sulfonamides is 1. The third-order valence-corrected chi connectivity index (χ3v) is 7.06. The molecule has 0 spiro atoms. The average Bonchev–Trinajstić information content (AvgIpc) is 2.62. The summed E-state index contributed by atoms with van der Waals surface area (Å²) in [6.07, 6.45) is -0.0184. The molecule has 0 unspecified atom stereocenters. The molecule has 0 saturated carbocycles. The smallest absolute Gasteiger partial charge is 0.242 e. The number of rotatable bonds is 5. The molecular formula is C18H19N3O4S2. The Morgan fingerprint density at radius 1 is 1.19 bits per heavy atom. The van der Waals surface area contributed by atoms with E-state index in [0.717, 1.165) is 14.9 Å². The topological polar surface area (TPSA) is 95.6 Å². The number of fused-ring (bicyclic) bond motifs is 1. The van der Waals surface area contributed by atoms with Gasteiger partial charge in [-0.05, 0) is 30.3 Å². The predicted octanol–water partition coefficient (Wildman–Crippen LogP) is 2.38. The van der Waals surface area contributed by atoms with E-state index in [1.807, 2.05) is 24.3 Å². The van der Waals surface area contributed by atoms with Gasteiger partial charge in [-0.3, -0.25) is 9.59 Å². The summed E-state index contributed by atoms with van der Waals surface area (Å²) in [4.78, 5) is 25.6. The highest BCUT2D eigenvalue weighted by molar-refractivity contribution is 8.01. The Balaban J connectivity index is 1.69. The Kier molecular flexibility index (Phi) is 5.54. The van der Waals surface area contributed by atoms with E-state index in [0.29, 0.717) is 5.69 Å². The molecule has 1 atom stereocenters. The number of hydrogen-bond acceptors (Lipinski definition) is 5. The van der Waals surface area contributed by atoms with Crippen LogP contribution in [0, 0.1) is 0 Å². The number of nitrogens with one attached hydrogen (secondary N) is 2. The van der Waals surface area contributed by atoms with Crippen LogP contribution in [0.5, 0.6) is 0 Å². The molecule has 2 aromatic carbocycles. The first-order valence-corrected chi connectivity index (χ1v) is 10.5. The van der Waals surface area contributed by atoms with Gasteiger partial charge in [0, 0.05) is 31.1 Å². The van der Waals surface area contributed by atoms with Crippen LogP contribution in [0.4, 0.5) is 11.4 Å². The van der Waals surface area contributed by atoms with Crippen LogP contribution in [0.3, 0.4) is 0 Å². The highest BCUT2D eigenvalue weighted by Crippen LogP contribution is 2.36. The second-order valence-electron chi connectivity index (χ2n) is 6.16. The number of thioether (sulfide) groups is 1. The Morgan fingerprint density at radius 2 is 1.93 bits per heavy atom. The van der Waals surface area contributed by atoms with Crippen molar-refractivity contribution in [3.63, 3.8) is 0 Å². The van der Waals surface area contributed by atoms with Gasteiger partial charge in [0.25, 0.3) is 0 Å². The predicted molar refractivity (Wildman–Crippen MR) is 105 cm³/mol. The van der Waals surface area contributed by atoms with Crippen LogP contribution in [0.2, 0.25) is 0 Å². The first-order chi connectivity index (χ1) is 12.8. The zero-order valence-corrected chi connectivity index (χ0v) is 16.4. The SMILES string of the molecule is CN(C)S(=O)(=O)c1cccc(NC(=O)C[C@@H]2Sc3ccccc3NC2=O)c1. The number of carbonyl (C=O) groups excluding carboxylic acids is 2. The van der Waals surface area contributed by atoms with Crippen molar-refractivity contribution in [3.05, 3.63) is 48.5 Å². The van der Waals surface area contributed by atoms with Crippen molar-refractivity contribution in [1.82, 2.24) is 4.31 Å². The van der Waals surface area contributed by atoms with Crippen LogP contribution >= 0.6 is 11.8 Å². The van der Waals surface area contributed by atoms with Crippen LogP contribution in [0.1, 0.15) is 6.42 Å². The standard InChI is InChI=1S/C18H19N3O4S2/c1-21(2)27(24,25)13-7-5-6-12(10-13)19-17(22)11-16-18(23)20-14-8-3-4-9-15(14)26-16/h3-10,16H,11H2,1-2H3,(H,19,22)(H,20,23)/t16-/m0/s1. The number of para-hydroxylation sites is 1. The fourth-order valence-corrected chi connectivity index (χ4v) is 4.61. The third-order valence-electron chi connectivity index (χ3n) is 3.97. The highest BCUT2D eigenvalue weighted by Gasteiger charge is 2.29. The Morgan fingerprint density at radius 3 is 2.67 bits per heavy atom. The number of benzene rings is 2. The van der Waals surface area contributed by atoms with Crippen molar-refractivity contribution >= 4 is 45.0 Å². The van der Waals surface area contributed by atoms with Gasteiger partial charge >= 0.3 is 0 Å². The van der Waals surface area contributed by atoms with Crippen molar-refractivity contribution in [2.24, 2.45) is 0 Å². The van der Waals surface area contributed by atoms with E-state index >= 15 is 0 Å². The van der Waals surface area contributed by atoms with Gasteiger partial charge in [-0.15, -0.1) is 11.8 Å². The molecule has 9 heteroatoms. The lowest BCUT2D eigenvalue weighted by atomic mass is 10.2. The molecule has 142 valence electrons. The second-order valence-corrected chi connectivity index (χ2v) is 9.56. The second kappa shape index (κ2) is 7.71. The summed E-state index contributed by atoms with van der Waals surface area (Å²) in [5, 5.41) is 4.92. The zero-order valence-electron chi connectivity index (χ0n) is 14.8. The van der Waals surface area contributed by atoms with Crippen LogP contribution in [-0.4, -0.2) is 43.9 Å². The van der Waals surface area contributed by atoms with E-state index in [4.69, 9.17) is 0 Å². The number of hydrogen-bond donors (Lipinski definition) is 2. The van der Waals surface area contributed by atoms with Crippen LogP contribution in [0.25, 0.3) is 0 Å². The van der Waals surface area contributed by atoms with Gasteiger partial charge in [0.15, 0.2) is 0 Å². The van der Waals surface area contributed by atoms with Gasteiger partial charge in [-0.2, -0.15) is 0 Å². The van der Waals surface area contributed by atoms with Gasteiger partial charge in [0.2, 0.25) is 21.8 Å². The van der Waals surface area contributed by atoms with Crippen molar-refractivity contribution in [1.29, 1.82) is 0 Å². The monoisotopic (exact) mass is 405 g/mol. The van der Waals surface area contributed by atoms with Gasteiger partial charge in [0.1, 0.15) is 0 Å². The van der Waals surface area contributed by atoms with Crippen LogP contribution in [-0.2, 0) is 19.6 Å². The molecule has 2 N–H and O–H groups in total. The summed E-state index contributed by atoms with van der Waals surface area (Å²) in [7, 11) is -0.707. The highest BCUT2D eigenvalue weighted by atomic mass is 32.2. The van der Waals surface area contributed by atoms with Crippen molar-refractivity contribution in [2.45, 2.75) is 21.5 Å². The first kappa shape index (κ1) is 19.4. The van der Waals surface area contributed by atoms with E-state index < -0.39 is 15.3 Å². The number of amides is 2. The first-order valence-electron chi connectivity index (χ1n) is 8.16.